The summed E-state index contributed by atoms with van der Waals surface area (Å²) in [5, 5.41) is 9.51. The fourth-order valence-corrected chi connectivity index (χ4v) is 2.88. The molecule has 0 aromatic heterocycles. The number of benzene rings is 3. The van der Waals surface area contributed by atoms with E-state index in [1.165, 1.54) is 12.1 Å². The first-order valence-corrected chi connectivity index (χ1v) is 9.31. The van der Waals surface area contributed by atoms with Gasteiger partial charge in [-0.05, 0) is 59.2 Å². The summed E-state index contributed by atoms with van der Waals surface area (Å²) >= 11 is 3.39. The van der Waals surface area contributed by atoms with Gasteiger partial charge in [0.15, 0.2) is 11.5 Å². The molecule has 0 atom stereocenters. The lowest BCUT2D eigenvalue weighted by molar-refractivity contribution is 0.284. The van der Waals surface area contributed by atoms with Gasteiger partial charge in [0.05, 0.1) is 18.8 Å². The third-order valence-electron chi connectivity index (χ3n) is 4.08. The third-order valence-corrected chi connectivity index (χ3v) is 4.61. The molecule has 0 aliphatic heterocycles. The van der Waals surface area contributed by atoms with Crippen molar-refractivity contribution in [2.45, 2.75) is 6.61 Å². The molecular formula is C23H17BrFNO2. The average Bonchev–Trinajstić information content (AvgIpc) is 2.72. The number of hydrogen-bond acceptors (Lipinski definition) is 3. The van der Waals surface area contributed by atoms with E-state index in [4.69, 9.17) is 9.47 Å². The highest BCUT2D eigenvalue weighted by atomic mass is 79.9. The van der Waals surface area contributed by atoms with E-state index in [2.05, 4.69) is 22.0 Å². The summed E-state index contributed by atoms with van der Waals surface area (Å²) < 4.78 is 25.2. The van der Waals surface area contributed by atoms with Crippen LogP contribution in [0.5, 0.6) is 11.5 Å². The van der Waals surface area contributed by atoms with Crippen LogP contribution >= 0.6 is 15.9 Å². The van der Waals surface area contributed by atoms with Crippen molar-refractivity contribution in [2.24, 2.45) is 0 Å². The predicted octanol–water partition coefficient (Wildman–Crippen LogP) is 6.24. The lowest BCUT2D eigenvalue weighted by Gasteiger charge is -2.12. The lowest BCUT2D eigenvalue weighted by atomic mass is 10.0. The van der Waals surface area contributed by atoms with Crippen molar-refractivity contribution < 1.29 is 13.9 Å². The Hall–Kier alpha value is -3.10. The summed E-state index contributed by atoms with van der Waals surface area (Å²) in [6, 6.07) is 21.4. The number of nitriles is 1. The van der Waals surface area contributed by atoms with Crippen LogP contribution in [0.25, 0.3) is 11.6 Å². The van der Waals surface area contributed by atoms with Crippen LogP contribution < -0.4 is 9.47 Å². The lowest BCUT2D eigenvalue weighted by Crippen LogP contribution is -1.98. The van der Waals surface area contributed by atoms with Crippen LogP contribution in [-0.2, 0) is 6.61 Å². The number of ether oxygens (including phenoxy) is 2. The molecule has 3 nitrogen and oxygen atoms in total. The SMILES string of the molecule is COc1cc(/C=C(/C#N)c2ccc(Br)cc2)ccc1OCc1ccc(F)cc1. The maximum absolute atomic E-state index is 13.0. The smallest absolute Gasteiger partial charge is 0.161 e. The van der Waals surface area contributed by atoms with E-state index >= 15 is 0 Å². The van der Waals surface area contributed by atoms with Crippen LogP contribution in [0.3, 0.4) is 0 Å². The largest absolute Gasteiger partial charge is 0.493 e. The van der Waals surface area contributed by atoms with Crippen molar-refractivity contribution in [3.05, 3.63) is 93.7 Å². The Kier molecular flexibility index (Phi) is 6.46. The maximum Gasteiger partial charge on any atom is 0.161 e. The standard InChI is InChI=1S/C23H17BrFNO2/c1-27-23-13-17(12-19(14-26)18-5-7-20(24)8-6-18)4-11-22(23)28-15-16-2-9-21(25)10-3-16/h2-13H,15H2,1H3/b19-12-. The molecule has 0 radical (unpaired) electrons. The molecule has 3 aromatic rings. The van der Waals surface area contributed by atoms with E-state index in [-0.39, 0.29) is 5.82 Å². The van der Waals surface area contributed by atoms with Gasteiger partial charge in [-0.15, -0.1) is 0 Å². The van der Waals surface area contributed by atoms with E-state index < -0.39 is 0 Å². The van der Waals surface area contributed by atoms with Gasteiger partial charge >= 0.3 is 0 Å². The minimum Gasteiger partial charge on any atom is -0.493 e. The molecule has 0 aliphatic carbocycles. The van der Waals surface area contributed by atoms with Crippen molar-refractivity contribution in [3.63, 3.8) is 0 Å². The van der Waals surface area contributed by atoms with Gasteiger partial charge in [0.25, 0.3) is 0 Å². The Labute approximate surface area is 171 Å². The van der Waals surface area contributed by atoms with Crippen molar-refractivity contribution in [3.8, 4) is 17.6 Å². The van der Waals surface area contributed by atoms with Crippen molar-refractivity contribution in [1.29, 1.82) is 5.26 Å². The topological polar surface area (TPSA) is 42.2 Å². The second kappa shape index (κ2) is 9.20. The highest BCUT2D eigenvalue weighted by Crippen LogP contribution is 2.30. The molecule has 0 N–H and O–H groups in total. The van der Waals surface area contributed by atoms with Gasteiger partial charge in [-0.1, -0.05) is 46.3 Å². The summed E-state index contributed by atoms with van der Waals surface area (Å²) in [6.07, 6.45) is 1.80. The summed E-state index contributed by atoms with van der Waals surface area (Å²) in [7, 11) is 1.56. The Balaban J connectivity index is 1.80. The molecule has 0 saturated heterocycles. The monoisotopic (exact) mass is 437 g/mol. The minimum atomic E-state index is -0.281. The van der Waals surface area contributed by atoms with Crippen molar-refractivity contribution in [1.82, 2.24) is 0 Å². The average molecular weight is 438 g/mol. The van der Waals surface area contributed by atoms with Gasteiger partial charge in [-0.25, -0.2) is 4.39 Å². The summed E-state index contributed by atoms with van der Waals surface area (Å²) in [4.78, 5) is 0. The first-order valence-electron chi connectivity index (χ1n) is 8.52. The number of rotatable bonds is 6. The molecule has 0 bridgehead atoms. The number of nitrogens with zero attached hydrogens (tertiary/aromatic N) is 1. The quantitative estimate of drug-likeness (QED) is 0.338. The normalized spacial score (nSPS) is 11.0. The number of halogens is 2. The summed E-state index contributed by atoms with van der Waals surface area (Å²) in [6.45, 7) is 0.300. The van der Waals surface area contributed by atoms with Crippen molar-refractivity contribution in [2.75, 3.05) is 7.11 Å². The summed E-state index contributed by atoms with van der Waals surface area (Å²) in [5.74, 6) is 0.853. The third kappa shape index (κ3) is 4.99. The van der Waals surface area contributed by atoms with Gasteiger partial charge < -0.3 is 9.47 Å². The highest BCUT2D eigenvalue weighted by Gasteiger charge is 2.07. The zero-order chi connectivity index (χ0) is 19.9. The van der Waals surface area contributed by atoms with Crippen LogP contribution in [0.4, 0.5) is 4.39 Å². The van der Waals surface area contributed by atoms with Gasteiger partial charge in [-0.2, -0.15) is 5.26 Å². The van der Waals surface area contributed by atoms with Gasteiger partial charge in [0.1, 0.15) is 12.4 Å². The fourth-order valence-electron chi connectivity index (χ4n) is 2.61. The molecule has 0 unspecified atom stereocenters. The van der Waals surface area contributed by atoms with Crippen LogP contribution in [0.1, 0.15) is 16.7 Å². The highest BCUT2D eigenvalue weighted by molar-refractivity contribution is 9.10. The van der Waals surface area contributed by atoms with Gasteiger partial charge in [0.2, 0.25) is 0 Å². The molecule has 140 valence electrons. The van der Waals surface area contributed by atoms with E-state index in [0.29, 0.717) is 23.7 Å². The second-order valence-corrected chi connectivity index (χ2v) is 6.92. The number of allylic oxidation sites excluding steroid dienone is 1. The molecule has 0 saturated carbocycles. The molecule has 3 aromatic carbocycles. The molecule has 0 spiro atoms. The van der Waals surface area contributed by atoms with Crippen LogP contribution in [0, 0.1) is 17.1 Å². The zero-order valence-electron chi connectivity index (χ0n) is 15.2. The van der Waals surface area contributed by atoms with Gasteiger partial charge in [-0.3, -0.25) is 0 Å². The Morgan fingerprint density at radius 2 is 1.75 bits per heavy atom. The van der Waals surface area contributed by atoms with Gasteiger partial charge in [0, 0.05) is 4.47 Å². The Bertz CT molecular complexity index is 1020. The maximum atomic E-state index is 13.0. The zero-order valence-corrected chi connectivity index (χ0v) is 16.7. The number of hydrogen-bond donors (Lipinski definition) is 0. The molecule has 0 fully saturated rings. The number of methoxy groups -OCH3 is 1. The summed E-state index contributed by atoms with van der Waals surface area (Å²) in [5.41, 5.74) is 3.07. The van der Waals surface area contributed by atoms with Crippen LogP contribution in [0.15, 0.2) is 71.2 Å². The Morgan fingerprint density at radius 3 is 2.39 bits per heavy atom. The first kappa shape index (κ1) is 19.7. The van der Waals surface area contributed by atoms with E-state index in [1.807, 2.05) is 36.4 Å². The molecular weight excluding hydrogens is 421 g/mol. The first-order chi connectivity index (χ1) is 13.6. The van der Waals surface area contributed by atoms with E-state index in [9.17, 15) is 9.65 Å². The molecule has 28 heavy (non-hydrogen) atoms. The van der Waals surface area contributed by atoms with Crippen LogP contribution in [0.2, 0.25) is 0 Å². The fraction of sp³-hybridized carbons (Fsp3) is 0.0870. The molecule has 0 amide bonds. The minimum absolute atomic E-state index is 0.281. The van der Waals surface area contributed by atoms with E-state index in [1.54, 1.807) is 31.4 Å². The van der Waals surface area contributed by atoms with Crippen LogP contribution in [-0.4, -0.2) is 7.11 Å². The molecule has 5 heteroatoms. The second-order valence-electron chi connectivity index (χ2n) is 6.00. The molecule has 0 heterocycles. The van der Waals surface area contributed by atoms with E-state index in [0.717, 1.165) is 21.2 Å². The molecule has 3 rings (SSSR count). The molecule has 0 aliphatic rings. The predicted molar refractivity (Wildman–Crippen MR) is 111 cm³/mol. The Morgan fingerprint density at radius 1 is 1.04 bits per heavy atom. The van der Waals surface area contributed by atoms with Crippen molar-refractivity contribution >= 4 is 27.6 Å².